The monoisotopic (exact) mass is 380 g/mol. The topological polar surface area (TPSA) is 70.1 Å². The van der Waals surface area contributed by atoms with Gasteiger partial charge in [0.1, 0.15) is 6.61 Å². The number of morpholine rings is 1. The molecule has 146 valence electrons. The maximum Gasteiger partial charge on any atom is 0.335 e. The van der Waals surface area contributed by atoms with Gasteiger partial charge in [-0.05, 0) is 29.7 Å². The van der Waals surface area contributed by atoms with Gasteiger partial charge in [-0.15, -0.1) is 0 Å². The molecule has 0 radical (unpaired) electrons. The molecule has 2 aliphatic heterocycles. The predicted molar refractivity (Wildman–Crippen MR) is 104 cm³/mol. The van der Waals surface area contributed by atoms with E-state index in [0.29, 0.717) is 18.7 Å². The molecule has 2 aromatic carbocycles. The number of amides is 1. The van der Waals surface area contributed by atoms with E-state index >= 15 is 0 Å². The molecule has 4 rings (SSSR count). The third-order valence-corrected chi connectivity index (χ3v) is 6.00. The van der Waals surface area contributed by atoms with Crippen molar-refractivity contribution in [1.29, 1.82) is 0 Å². The highest BCUT2D eigenvalue weighted by atomic mass is 16.5. The number of hydrogen-bond acceptors (Lipinski definition) is 4. The highest BCUT2D eigenvalue weighted by Gasteiger charge is 2.52. The van der Waals surface area contributed by atoms with Gasteiger partial charge < -0.3 is 14.7 Å². The Morgan fingerprint density at radius 2 is 2.00 bits per heavy atom. The van der Waals surface area contributed by atoms with E-state index in [9.17, 15) is 14.7 Å². The first-order chi connectivity index (χ1) is 13.5. The molecule has 2 aliphatic rings. The summed E-state index contributed by atoms with van der Waals surface area (Å²) in [6, 6.07) is 17.2. The van der Waals surface area contributed by atoms with Gasteiger partial charge in [0.25, 0.3) is 0 Å². The zero-order valence-electron chi connectivity index (χ0n) is 15.9. The fourth-order valence-electron chi connectivity index (χ4n) is 4.49. The molecule has 0 saturated carbocycles. The van der Waals surface area contributed by atoms with Gasteiger partial charge in [-0.1, -0.05) is 42.5 Å². The average Bonchev–Trinajstić information content (AvgIpc) is 2.72. The van der Waals surface area contributed by atoms with Gasteiger partial charge in [-0.2, -0.15) is 0 Å². The lowest BCUT2D eigenvalue weighted by Crippen LogP contribution is -2.66. The fraction of sp³-hybridized carbons (Fsp3) is 0.364. The Balaban J connectivity index is 1.58. The van der Waals surface area contributed by atoms with Gasteiger partial charge >= 0.3 is 5.97 Å². The van der Waals surface area contributed by atoms with Crippen LogP contribution in [0.5, 0.6) is 0 Å². The highest BCUT2D eigenvalue weighted by Crippen LogP contribution is 2.42. The van der Waals surface area contributed by atoms with Crippen LogP contribution in [0.15, 0.2) is 54.6 Å². The van der Waals surface area contributed by atoms with Crippen molar-refractivity contribution in [3.8, 4) is 0 Å². The summed E-state index contributed by atoms with van der Waals surface area (Å²) in [7, 11) is 1.87. The molecule has 28 heavy (non-hydrogen) atoms. The number of fused-ring (bicyclic) bond motifs is 1. The smallest absolute Gasteiger partial charge is 0.335 e. The molecule has 0 aliphatic carbocycles. The quantitative estimate of drug-likeness (QED) is 0.882. The van der Waals surface area contributed by atoms with Gasteiger partial charge in [0.05, 0.1) is 17.2 Å². The van der Waals surface area contributed by atoms with Crippen molar-refractivity contribution < 1.29 is 19.4 Å². The van der Waals surface area contributed by atoms with Gasteiger partial charge in [0.15, 0.2) is 0 Å². The summed E-state index contributed by atoms with van der Waals surface area (Å²) in [6.45, 7) is 2.23. The fourth-order valence-corrected chi connectivity index (χ4v) is 4.49. The molecule has 2 fully saturated rings. The third kappa shape index (κ3) is 3.19. The average molecular weight is 380 g/mol. The van der Waals surface area contributed by atoms with Crippen LogP contribution in [0.1, 0.15) is 27.9 Å². The van der Waals surface area contributed by atoms with E-state index in [4.69, 9.17) is 4.74 Å². The molecule has 1 N–H and O–H groups in total. The van der Waals surface area contributed by atoms with E-state index in [1.165, 1.54) is 0 Å². The number of carbonyl (C=O) groups is 2. The number of ether oxygens (including phenoxy) is 1. The molecule has 0 aromatic heterocycles. The molecule has 0 unspecified atom stereocenters. The first-order valence-corrected chi connectivity index (χ1v) is 9.49. The van der Waals surface area contributed by atoms with E-state index in [1.54, 1.807) is 18.2 Å². The molecule has 2 atom stereocenters. The Hall–Kier alpha value is -2.70. The van der Waals surface area contributed by atoms with Crippen molar-refractivity contribution in [3.05, 3.63) is 71.3 Å². The van der Waals surface area contributed by atoms with E-state index < -0.39 is 11.5 Å². The molecule has 2 aromatic rings. The third-order valence-electron chi connectivity index (χ3n) is 6.00. The Morgan fingerprint density at radius 3 is 2.75 bits per heavy atom. The normalized spacial score (nSPS) is 25.4. The van der Waals surface area contributed by atoms with Crippen LogP contribution in [0.25, 0.3) is 0 Å². The number of carboxylic acid groups (broad SMARTS) is 1. The Labute approximate surface area is 164 Å². The standard InChI is InChI=1S/C22H24N2O4/c1-23-20(25)15-28-19-14-24(13-16-6-5-7-17(12-16)21(26)27)11-10-22(19,23)18-8-3-2-4-9-18/h2-9,12,19H,10-11,13-15H2,1H3,(H,26,27)/t19-,22+/m1/s1. The number of hydrogen-bond donors (Lipinski definition) is 1. The van der Waals surface area contributed by atoms with Crippen LogP contribution >= 0.6 is 0 Å². The molecule has 2 saturated heterocycles. The Bertz CT molecular complexity index is 885. The molecule has 1 amide bonds. The number of carboxylic acids is 1. The minimum Gasteiger partial charge on any atom is -0.478 e. The summed E-state index contributed by atoms with van der Waals surface area (Å²) in [6.07, 6.45) is 0.636. The lowest BCUT2D eigenvalue weighted by atomic mass is 9.76. The second-order valence-corrected chi connectivity index (χ2v) is 7.53. The lowest BCUT2D eigenvalue weighted by Gasteiger charge is -2.55. The number of carbonyl (C=O) groups excluding carboxylic acids is 1. The van der Waals surface area contributed by atoms with Gasteiger partial charge in [0.2, 0.25) is 5.91 Å². The van der Waals surface area contributed by atoms with Crippen LogP contribution in [-0.4, -0.2) is 59.6 Å². The largest absolute Gasteiger partial charge is 0.478 e. The van der Waals surface area contributed by atoms with Crippen LogP contribution in [0.3, 0.4) is 0 Å². The van der Waals surface area contributed by atoms with Crippen molar-refractivity contribution in [2.75, 3.05) is 26.7 Å². The summed E-state index contributed by atoms with van der Waals surface area (Å²) < 4.78 is 6.03. The number of rotatable bonds is 4. The summed E-state index contributed by atoms with van der Waals surface area (Å²) in [5.74, 6) is -0.915. The van der Waals surface area contributed by atoms with Gasteiger partial charge in [-0.25, -0.2) is 4.79 Å². The van der Waals surface area contributed by atoms with E-state index in [0.717, 1.165) is 24.1 Å². The molecule has 6 heteroatoms. The molecule has 0 spiro atoms. The molecule has 0 bridgehead atoms. The van der Waals surface area contributed by atoms with Crippen LogP contribution in [0.2, 0.25) is 0 Å². The maximum absolute atomic E-state index is 12.4. The Kier molecular flexibility index (Phi) is 4.91. The van der Waals surface area contributed by atoms with Crippen LogP contribution in [-0.2, 0) is 21.6 Å². The Morgan fingerprint density at radius 1 is 1.21 bits per heavy atom. The molecular weight excluding hydrogens is 356 g/mol. The SMILES string of the molecule is CN1C(=O)CO[C@@H]2CN(Cc3cccc(C(=O)O)c3)CC[C@]21c1ccccc1. The molecule has 2 heterocycles. The minimum atomic E-state index is -0.917. The first-order valence-electron chi connectivity index (χ1n) is 9.49. The first kappa shape index (κ1) is 18.7. The molecule has 6 nitrogen and oxygen atoms in total. The van der Waals surface area contributed by atoms with Crippen LogP contribution in [0.4, 0.5) is 0 Å². The van der Waals surface area contributed by atoms with Crippen molar-refractivity contribution in [2.45, 2.75) is 24.6 Å². The summed E-state index contributed by atoms with van der Waals surface area (Å²) in [5, 5.41) is 9.21. The highest BCUT2D eigenvalue weighted by molar-refractivity contribution is 5.87. The van der Waals surface area contributed by atoms with Crippen molar-refractivity contribution in [1.82, 2.24) is 9.80 Å². The summed E-state index contributed by atoms with van der Waals surface area (Å²) in [5.41, 5.74) is 1.90. The van der Waals surface area contributed by atoms with Crippen LogP contribution < -0.4 is 0 Å². The number of aromatic carboxylic acids is 1. The zero-order chi connectivity index (χ0) is 19.7. The lowest BCUT2D eigenvalue weighted by molar-refractivity contribution is -0.183. The van der Waals surface area contributed by atoms with Crippen molar-refractivity contribution >= 4 is 11.9 Å². The van der Waals surface area contributed by atoms with Gasteiger partial charge in [0, 0.05) is 26.7 Å². The molecular formula is C22H24N2O4. The van der Waals surface area contributed by atoms with Crippen molar-refractivity contribution in [3.63, 3.8) is 0 Å². The van der Waals surface area contributed by atoms with E-state index in [1.807, 2.05) is 36.2 Å². The number of nitrogens with zero attached hydrogens (tertiary/aromatic N) is 2. The second-order valence-electron chi connectivity index (χ2n) is 7.53. The van der Waals surface area contributed by atoms with Crippen molar-refractivity contribution in [2.24, 2.45) is 0 Å². The van der Waals surface area contributed by atoms with Crippen LogP contribution in [0, 0.1) is 0 Å². The number of likely N-dealkylation sites (N-methyl/N-ethyl adjacent to an activating group) is 1. The minimum absolute atomic E-state index is 0.00251. The number of benzene rings is 2. The second kappa shape index (κ2) is 7.37. The summed E-state index contributed by atoms with van der Waals surface area (Å²) in [4.78, 5) is 27.8. The predicted octanol–water partition coefficient (Wildman–Crippen LogP) is 2.34. The van der Waals surface area contributed by atoms with E-state index in [2.05, 4.69) is 17.0 Å². The van der Waals surface area contributed by atoms with Gasteiger partial charge in [-0.3, -0.25) is 9.69 Å². The summed E-state index contributed by atoms with van der Waals surface area (Å²) >= 11 is 0. The van der Waals surface area contributed by atoms with E-state index in [-0.39, 0.29) is 18.6 Å². The number of piperidine rings is 1. The zero-order valence-corrected chi connectivity index (χ0v) is 15.9. The maximum atomic E-state index is 12.4. The number of likely N-dealkylation sites (tertiary alicyclic amines) is 1.